The Morgan fingerprint density at radius 2 is 1.97 bits per heavy atom. The number of amides is 1. The van der Waals surface area contributed by atoms with E-state index in [-0.39, 0.29) is 5.91 Å². The average molecular weight is 471 g/mol. The largest absolute Gasteiger partial charge is 0.382 e. The van der Waals surface area contributed by atoms with Gasteiger partial charge in [-0.15, -0.1) is 0 Å². The maximum atomic E-state index is 12.7. The smallest absolute Gasteiger partial charge is 0.269 e. The topological polar surface area (TPSA) is 86.3 Å². The van der Waals surface area contributed by atoms with E-state index in [2.05, 4.69) is 67.8 Å². The van der Waals surface area contributed by atoms with Crippen LogP contribution in [0.15, 0.2) is 46.3 Å². The second-order valence-electron chi connectivity index (χ2n) is 7.32. The Morgan fingerprint density at radius 1 is 1.20 bits per heavy atom. The van der Waals surface area contributed by atoms with Gasteiger partial charge in [-0.2, -0.15) is 10.2 Å². The minimum absolute atomic E-state index is 0.282. The minimum atomic E-state index is -0.696. The number of nitrogens with zero attached hydrogens (tertiary/aromatic N) is 5. The number of benzene rings is 1. The van der Waals surface area contributed by atoms with E-state index in [1.54, 1.807) is 4.68 Å². The summed E-state index contributed by atoms with van der Waals surface area (Å²) >= 11 is 3.47. The molecular formula is C21H23BrN6O2. The maximum absolute atomic E-state index is 12.7. The third-order valence-electron chi connectivity index (χ3n) is 4.97. The molecule has 0 radical (unpaired) electrons. The molecule has 1 N–H and O–H groups in total. The highest BCUT2D eigenvalue weighted by Crippen LogP contribution is 2.24. The quantitative estimate of drug-likeness (QED) is 0.595. The summed E-state index contributed by atoms with van der Waals surface area (Å²) in [6.07, 6.45) is 3.47. The average Bonchev–Trinajstić information content (AvgIpc) is 3.43. The summed E-state index contributed by atoms with van der Waals surface area (Å²) < 4.78 is 4.34. The summed E-state index contributed by atoms with van der Waals surface area (Å²) in [6, 6.07) is 8.27. The number of rotatable bonds is 6. The highest BCUT2D eigenvalue weighted by atomic mass is 79.9. The van der Waals surface area contributed by atoms with Gasteiger partial charge in [0.25, 0.3) is 5.91 Å². The summed E-state index contributed by atoms with van der Waals surface area (Å²) in [7, 11) is 0. The molecule has 1 amide bonds. The Hall–Kier alpha value is -2.94. The number of halogens is 1. The number of anilines is 1. The first-order valence-electron chi connectivity index (χ1n) is 9.79. The number of aromatic nitrogens is 4. The number of oxime groups is 1. The van der Waals surface area contributed by atoms with Crippen molar-refractivity contribution < 1.29 is 9.63 Å². The predicted molar refractivity (Wildman–Crippen MR) is 118 cm³/mol. The van der Waals surface area contributed by atoms with E-state index in [0.717, 1.165) is 29.1 Å². The van der Waals surface area contributed by atoms with E-state index in [0.29, 0.717) is 23.3 Å². The molecule has 0 saturated heterocycles. The molecule has 1 aliphatic heterocycles. The van der Waals surface area contributed by atoms with Crippen LogP contribution in [0.3, 0.4) is 0 Å². The Balaban J connectivity index is 1.39. The van der Waals surface area contributed by atoms with Gasteiger partial charge < -0.3 is 10.2 Å². The number of nitrogens with one attached hydrogen (secondary N) is 1. The van der Waals surface area contributed by atoms with Gasteiger partial charge in [0.05, 0.1) is 22.4 Å². The van der Waals surface area contributed by atoms with Crippen LogP contribution < -0.4 is 5.32 Å². The molecule has 9 heteroatoms. The molecule has 3 aromatic rings. The lowest BCUT2D eigenvalue weighted by molar-refractivity contribution is -0.125. The second-order valence-corrected chi connectivity index (χ2v) is 8.17. The highest BCUT2D eigenvalue weighted by molar-refractivity contribution is 9.10. The van der Waals surface area contributed by atoms with E-state index < -0.39 is 6.10 Å². The molecule has 0 saturated carbocycles. The normalized spacial score (nSPS) is 15.7. The minimum Gasteiger partial charge on any atom is -0.382 e. The molecule has 0 spiro atoms. The molecule has 1 unspecified atom stereocenters. The SMILES string of the molecule is CCn1cc(C2=NOC(C(=O)Nc3nn(Cc4ccc(C)cc4)cc3Br)C2)c(C)n1. The molecule has 8 nitrogen and oxygen atoms in total. The van der Waals surface area contributed by atoms with Gasteiger partial charge >= 0.3 is 0 Å². The van der Waals surface area contributed by atoms with Gasteiger partial charge in [-0.3, -0.25) is 14.2 Å². The lowest BCUT2D eigenvalue weighted by Crippen LogP contribution is -2.28. The molecule has 4 rings (SSSR count). The van der Waals surface area contributed by atoms with Gasteiger partial charge in [0.1, 0.15) is 0 Å². The van der Waals surface area contributed by atoms with Crippen LogP contribution in [0.5, 0.6) is 0 Å². The molecule has 2 aromatic heterocycles. The van der Waals surface area contributed by atoms with Crippen LogP contribution >= 0.6 is 15.9 Å². The van der Waals surface area contributed by atoms with Gasteiger partial charge in [0.15, 0.2) is 5.82 Å². The molecule has 156 valence electrons. The van der Waals surface area contributed by atoms with E-state index in [1.165, 1.54) is 5.56 Å². The summed E-state index contributed by atoms with van der Waals surface area (Å²) in [6.45, 7) is 7.39. The summed E-state index contributed by atoms with van der Waals surface area (Å²) in [4.78, 5) is 18.1. The van der Waals surface area contributed by atoms with Crippen molar-refractivity contribution in [1.82, 2.24) is 19.6 Å². The van der Waals surface area contributed by atoms with Gasteiger partial charge in [-0.1, -0.05) is 35.0 Å². The van der Waals surface area contributed by atoms with Crippen LogP contribution in [0.4, 0.5) is 5.82 Å². The summed E-state index contributed by atoms with van der Waals surface area (Å²) in [5.41, 5.74) is 4.86. The first-order chi connectivity index (χ1) is 14.4. The lowest BCUT2D eigenvalue weighted by atomic mass is 10.1. The Bertz CT molecular complexity index is 1100. The first kappa shape index (κ1) is 20.3. The van der Waals surface area contributed by atoms with Crippen LogP contribution in [0.1, 0.15) is 35.7 Å². The third kappa shape index (κ3) is 4.30. The van der Waals surface area contributed by atoms with E-state index >= 15 is 0 Å². The van der Waals surface area contributed by atoms with E-state index in [4.69, 9.17) is 4.84 Å². The molecule has 1 atom stereocenters. The second kappa shape index (κ2) is 8.43. The van der Waals surface area contributed by atoms with Crippen LogP contribution in [0.2, 0.25) is 0 Å². The zero-order valence-electron chi connectivity index (χ0n) is 17.1. The monoisotopic (exact) mass is 470 g/mol. The third-order valence-corrected chi connectivity index (χ3v) is 5.55. The van der Waals surface area contributed by atoms with Crippen LogP contribution in [0, 0.1) is 13.8 Å². The van der Waals surface area contributed by atoms with Crippen molar-refractivity contribution in [2.45, 2.75) is 46.4 Å². The standard InChI is InChI=1S/C21H23BrN6O2/c1-4-27-11-16(14(3)24-27)18-9-19(30-26-18)21(29)23-20-17(22)12-28(25-20)10-15-7-5-13(2)6-8-15/h5-8,11-12,19H,4,9-10H2,1-3H3,(H,23,25,29). The number of hydrogen-bond donors (Lipinski definition) is 1. The summed E-state index contributed by atoms with van der Waals surface area (Å²) in [5.74, 6) is 0.176. The van der Waals surface area contributed by atoms with Crippen molar-refractivity contribution in [1.29, 1.82) is 0 Å². The lowest BCUT2D eigenvalue weighted by Gasteiger charge is -2.08. The van der Waals surface area contributed by atoms with Crippen LogP contribution in [-0.4, -0.2) is 37.3 Å². The molecule has 1 aromatic carbocycles. The summed E-state index contributed by atoms with van der Waals surface area (Å²) in [5, 5.41) is 15.8. The number of hydrogen-bond acceptors (Lipinski definition) is 5. The Labute approximate surface area is 183 Å². The number of carbonyl (C=O) groups is 1. The van der Waals surface area contributed by atoms with Crippen LogP contribution in [0.25, 0.3) is 0 Å². The molecular weight excluding hydrogens is 448 g/mol. The predicted octanol–water partition coefficient (Wildman–Crippen LogP) is 3.66. The molecule has 1 aliphatic rings. The van der Waals surface area contributed by atoms with Crippen molar-refractivity contribution in [2.75, 3.05) is 5.32 Å². The Morgan fingerprint density at radius 3 is 2.67 bits per heavy atom. The van der Waals surface area contributed by atoms with Crippen LogP contribution in [-0.2, 0) is 22.7 Å². The van der Waals surface area contributed by atoms with Gasteiger partial charge in [0, 0.05) is 30.9 Å². The van der Waals surface area contributed by atoms with Crippen molar-refractivity contribution in [3.05, 3.63) is 63.5 Å². The fourth-order valence-electron chi connectivity index (χ4n) is 3.28. The van der Waals surface area contributed by atoms with Gasteiger partial charge in [0.2, 0.25) is 6.10 Å². The van der Waals surface area contributed by atoms with Gasteiger partial charge in [-0.05, 0) is 42.3 Å². The zero-order chi connectivity index (χ0) is 21.3. The zero-order valence-corrected chi connectivity index (χ0v) is 18.7. The molecule has 30 heavy (non-hydrogen) atoms. The van der Waals surface area contributed by atoms with E-state index in [1.807, 2.05) is 30.9 Å². The maximum Gasteiger partial charge on any atom is 0.269 e. The van der Waals surface area contributed by atoms with Crippen molar-refractivity contribution in [3.8, 4) is 0 Å². The fourth-order valence-corrected chi connectivity index (χ4v) is 3.70. The van der Waals surface area contributed by atoms with E-state index in [9.17, 15) is 4.79 Å². The number of aryl methyl sites for hydroxylation is 3. The highest BCUT2D eigenvalue weighted by Gasteiger charge is 2.31. The van der Waals surface area contributed by atoms with Crippen molar-refractivity contribution in [2.24, 2.45) is 5.16 Å². The first-order valence-corrected chi connectivity index (χ1v) is 10.6. The molecule has 0 aliphatic carbocycles. The Kier molecular flexibility index (Phi) is 5.72. The number of carbonyl (C=O) groups excluding carboxylic acids is 1. The van der Waals surface area contributed by atoms with Crippen molar-refractivity contribution >= 4 is 33.4 Å². The fraction of sp³-hybridized carbons (Fsp3) is 0.333. The van der Waals surface area contributed by atoms with Gasteiger partial charge in [-0.25, -0.2) is 0 Å². The van der Waals surface area contributed by atoms with Crippen molar-refractivity contribution in [3.63, 3.8) is 0 Å². The molecule has 3 heterocycles. The molecule has 0 fully saturated rings. The molecule has 0 bridgehead atoms.